The van der Waals surface area contributed by atoms with Crippen molar-refractivity contribution in [3.05, 3.63) is 39.4 Å². The van der Waals surface area contributed by atoms with E-state index in [9.17, 15) is 29.5 Å². The molecule has 4 bridgehead atoms. The fourth-order valence-corrected chi connectivity index (χ4v) is 9.99. The molecule has 0 aliphatic carbocycles. The van der Waals surface area contributed by atoms with Crippen LogP contribution in [0.3, 0.4) is 0 Å². The molecule has 2 amide bonds. The second-order valence-electron chi connectivity index (χ2n) is 12.9. The molecular weight excluding hydrogens is 656 g/mol. The number of esters is 2. The number of ether oxygens (including phenoxy) is 5. The first-order chi connectivity index (χ1) is 23.4. The minimum Gasteiger partial charge on any atom is -0.504 e. The van der Waals surface area contributed by atoms with Gasteiger partial charge in [0.15, 0.2) is 23.0 Å². The van der Waals surface area contributed by atoms with Crippen LogP contribution in [0.25, 0.3) is 0 Å². The molecule has 5 aliphatic heterocycles. The molecule has 5 heterocycles. The monoisotopic (exact) mass is 692 g/mol. The zero-order valence-corrected chi connectivity index (χ0v) is 28.6. The van der Waals surface area contributed by atoms with Crippen LogP contribution in [0.15, 0.2) is 6.07 Å². The van der Waals surface area contributed by atoms with Crippen molar-refractivity contribution < 1.29 is 48.0 Å². The number of thioether (sulfide) groups is 1. The maximum absolute atomic E-state index is 13.7. The number of phenolic OH excluding ortho intramolecular Hbond substituents is 1. The second kappa shape index (κ2) is 12.0. The van der Waals surface area contributed by atoms with Gasteiger partial charge in [0.05, 0.1) is 42.6 Å². The number of hydrogen-bond acceptors (Lipinski definition) is 13. The molecule has 7 atom stereocenters. The van der Waals surface area contributed by atoms with E-state index in [0.29, 0.717) is 39.3 Å². The maximum Gasteiger partial charge on any atom is 0.329 e. The van der Waals surface area contributed by atoms with Gasteiger partial charge in [0, 0.05) is 48.8 Å². The highest BCUT2D eigenvalue weighted by molar-refractivity contribution is 7.99. The van der Waals surface area contributed by atoms with Gasteiger partial charge in [0.25, 0.3) is 0 Å². The number of nitrogens with one attached hydrogen (secondary N) is 1. The zero-order chi connectivity index (χ0) is 35.0. The Morgan fingerprint density at radius 2 is 1.82 bits per heavy atom. The van der Waals surface area contributed by atoms with Crippen LogP contribution in [-0.2, 0) is 30.3 Å². The van der Waals surface area contributed by atoms with Gasteiger partial charge in [0.2, 0.25) is 18.6 Å². The first-order valence-corrected chi connectivity index (χ1v) is 17.0. The Labute approximate surface area is 286 Å². The number of aryl methyl sites for hydroxylation is 1. The van der Waals surface area contributed by atoms with Crippen LogP contribution in [0.5, 0.6) is 28.7 Å². The topological polar surface area (TPSA) is 177 Å². The molecule has 2 saturated heterocycles. The maximum atomic E-state index is 13.7. The number of benzene rings is 2. The third-order valence-electron chi connectivity index (χ3n) is 10.1. The summed E-state index contributed by atoms with van der Waals surface area (Å²) in [6.07, 6.45) is 0.275. The Hall–Kier alpha value is -4.68. The molecule has 2 fully saturated rings. The summed E-state index contributed by atoms with van der Waals surface area (Å²) in [7, 11) is 1.46. The van der Waals surface area contributed by atoms with Gasteiger partial charge in [-0.3, -0.25) is 19.3 Å². The number of carbonyl (C=O) groups is 4. The average Bonchev–Trinajstić information content (AvgIpc) is 3.53. The van der Waals surface area contributed by atoms with Crippen molar-refractivity contribution in [1.82, 2.24) is 15.1 Å². The van der Waals surface area contributed by atoms with Crippen LogP contribution in [0, 0.1) is 25.2 Å². The number of hydrogen-bond donors (Lipinski definition) is 2. The molecule has 49 heavy (non-hydrogen) atoms. The summed E-state index contributed by atoms with van der Waals surface area (Å²) in [5.41, 5.74) is 3.62. The molecule has 7 rings (SSSR count). The number of nitriles is 1. The van der Waals surface area contributed by atoms with Crippen molar-refractivity contribution in [3.8, 4) is 34.8 Å². The van der Waals surface area contributed by atoms with Gasteiger partial charge in [-0.25, -0.2) is 4.79 Å². The molecule has 14 nitrogen and oxygen atoms in total. The highest BCUT2D eigenvalue weighted by atomic mass is 32.2. The molecule has 5 aliphatic rings. The van der Waals surface area contributed by atoms with Gasteiger partial charge in [-0.05, 0) is 31.4 Å². The number of methoxy groups -OCH3 is 1. The van der Waals surface area contributed by atoms with Crippen molar-refractivity contribution in [2.24, 2.45) is 0 Å². The van der Waals surface area contributed by atoms with Crippen LogP contribution >= 0.6 is 11.8 Å². The van der Waals surface area contributed by atoms with E-state index in [2.05, 4.69) is 11.4 Å². The Morgan fingerprint density at radius 3 is 2.47 bits per heavy atom. The second-order valence-corrected chi connectivity index (χ2v) is 14.1. The first-order valence-electron chi connectivity index (χ1n) is 15.9. The third-order valence-corrected chi connectivity index (χ3v) is 11.5. The van der Waals surface area contributed by atoms with Crippen LogP contribution in [-0.4, -0.2) is 89.1 Å². The van der Waals surface area contributed by atoms with E-state index in [1.165, 1.54) is 39.6 Å². The van der Waals surface area contributed by atoms with E-state index >= 15 is 0 Å². The Balaban J connectivity index is 1.57. The summed E-state index contributed by atoms with van der Waals surface area (Å²) in [5, 5.41) is 24.8. The fraction of sp³-hybridized carbons (Fsp3) is 0.500. The molecule has 2 N–H and O–H groups in total. The van der Waals surface area contributed by atoms with Crippen LogP contribution in [0.4, 0.5) is 0 Å². The Morgan fingerprint density at radius 1 is 1.08 bits per heavy atom. The van der Waals surface area contributed by atoms with Gasteiger partial charge in [0.1, 0.15) is 24.4 Å². The number of amides is 2. The number of cyclic esters (lactones) is 1. The van der Waals surface area contributed by atoms with Crippen LogP contribution in [0.1, 0.15) is 71.5 Å². The van der Waals surface area contributed by atoms with E-state index in [0.717, 1.165) is 5.56 Å². The summed E-state index contributed by atoms with van der Waals surface area (Å²) in [4.78, 5) is 55.7. The fourth-order valence-electron chi connectivity index (χ4n) is 8.49. The smallest absolute Gasteiger partial charge is 0.329 e. The zero-order valence-electron chi connectivity index (χ0n) is 27.8. The Kier molecular flexibility index (Phi) is 8.06. The number of piperazine rings is 1. The molecule has 2 aromatic rings. The predicted octanol–water partition coefficient (Wildman–Crippen LogP) is 2.65. The van der Waals surface area contributed by atoms with Crippen LogP contribution < -0.4 is 24.3 Å². The molecule has 4 unspecified atom stereocenters. The first kappa shape index (κ1) is 32.8. The van der Waals surface area contributed by atoms with E-state index in [1.807, 2.05) is 17.9 Å². The van der Waals surface area contributed by atoms with Gasteiger partial charge in [-0.1, -0.05) is 6.07 Å². The van der Waals surface area contributed by atoms with Gasteiger partial charge in [-0.15, -0.1) is 11.8 Å². The number of rotatable bonds is 3. The number of phenols is 1. The highest BCUT2D eigenvalue weighted by Gasteiger charge is 2.62. The number of aromatic hydroxyl groups is 1. The number of fused-ring (bicyclic) bond motifs is 9. The highest BCUT2D eigenvalue weighted by Crippen LogP contribution is 2.64. The number of nitrogens with zero attached hydrogens (tertiary/aromatic N) is 3. The lowest BCUT2D eigenvalue weighted by molar-refractivity contribution is -0.157. The molecule has 15 heteroatoms. The summed E-state index contributed by atoms with van der Waals surface area (Å²) in [6, 6.07) is -0.549. The third kappa shape index (κ3) is 4.86. The summed E-state index contributed by atoms with van der Waals surface area (Å²) >= 11 is 1.29. The van der Waals surface area contributed by atoms with Crippen molar-refractivity contribution in [1.29, 1.82) is 5.26 Å². The van der Waals surface area contributed by atoms with E-state index < -0.39 is 59.3 Å². The SMILES string of the molecule is COc1c(C)cc2c(c1O)C1C3[C@@H]4SCC(NC(C)=O)C(=O)OC[C@@H](c5c6c(c(C)c(OC(C)=O)c54)OCO6)N3[C@@H](C#N)C(C2)N1C(C)=O. The lowest BCUT2D eigenvalue weighted by Crippen LogP contribution is -2.70. The molecular formula is C34H36N4O10S. The largest absolute Gasteiger partial charge is 0.504 e. The summed E-state index contributed by atoms with van der Waals surface area (Å²) in [5.74, 6) is -0.727. The van der Waals surface area contributed by atoms with Gasteiger partial charge in [-0.2, -0.15) is 5.26 Å². The lowest BCUT2D eigenvalue weighted by atomic mass is 9.71. The standard InChI is InChI=1S/C34H36N4O10S/c1-13-7-18-8-20-21(9-35)38-22-10-45-34(43)19(36-15(3)39)11-49-33(27(38)26(37(20)16(4)40)23(18)28(42)29(13)44-6)25-24(22)32-31(46-12-47-32)14(2)30(25)48-17(5)41/h7,19-22,26-27,33,42H,8,10-12H2,1-6H3,(H,36,39)/t19?,20?,21-,22-,26?,27?,33+/m0/s1. The van der Waals surface area contributed by atoms with E-state index in [1.54, 1.807) is 11.8 Å². The molecule has 2 aromatic carbocycles. The predicted molar refractivity (Wildman–Crippen MR) is 172 cm³/mol. The summed E-state index contributed by atoms with van der Waals surface area (Å²) < 4.78 is 29.5. The van der Waals surface area contributed by atoms with E-state index in [4.69, 9.17) is 23.7 Å². The normalized spacial score (nSPS) is 27.9. The molecule has 0 radical (unpaired) electrons. The molecule has 0 spiro atoms. The average molecular weight is 693 g/mol. The summed E-state index contributed by atoms with van der Waals surface area (Å²) in [6.45, 7) is 7.26. The Bertz CT molecular complexity index is 1860. The van der Waals surface area contributed by atoms with E-state index in [-0.39, 0.29) is 48.7 Å². The molecule has 0 saturated carbocycles. The van der Waals surface area contributed by atoms with Crippen molar-refractivity contribution in [3.63, 3.8) is 0 Å². The minimum absolute atomic E-state index is 0.0357. The van der Waals surface area contributed by atoms with Gasteiger partial charge >= 0.3 is 11.9 Å². The van der Waals surface area contributed by atoms with Crippen molar-refractivity contribution in [2.75, 3.05) is 26.3 Å². The quantitative estimate of drug-likeness (QED) is 0.355. The molecule has 258 valence electrons. The van der Waals surface area contributed by atoms with Crippen LogP contribution in [0.2, 0.25) is 0 Å². The lowest BCUT2D eigenvalue weighted by Gasteiger charge is -2.62. The minimum atomic E-state index is -1.02. The van der Waals surface area contributed by atoms with Crippen molar-refractivity contribution in [2.45, 2.75) is 82.5 Å². The molecule has 0 aromatic heterocycles. The van der Waals surface area contributed by atoms with Crippen molar-refractivity contribution >= 4 is 35.5 Å². The number of carbonyl (C=O) groups excluding carboxylic acids is 4. The van der Waals surface area contributed by atoms with Gasteiger partial charge < -0.3 is 39.0 Å².